The molecule has 1 heterocycles. The zero-order chi connectivity index (χ0) is 14.2. The molecule has 1 aliphatic rings. The third kappa shape index (κ3) is 3.04. The molecule has 0 spiro atoms. The van der Waals surface area contributed by atoms with Gasteiger partial charge in [-0.3, -0.25) is 0 Å². The van der Waals surface area contributed by atoms with Crippen molar-refractivity contribution in [2.24, 2.45) is 5.73 Å². The molecule has 0 atom stereocenters. The van der Waals surface area contributed by atoms with Crippen LogP contribution in [-0.2, 0) is 12.1 Å². The highest BCUT2D eigenvalue weighted by Crippen LogP contribution is 2.36. The molecule has 3 rings (SSSR count). The van der Waals surface area contributed by atoms with E-state index >= 15 is 0 Å². The van der Waals surface area contributed by atoms with Crippen LogP contribution in [0.3, 0.4) is 0 Å². The minimum absolute atomic E-state index is 0. The van der Waals surface area contributed by atoms with E-state index in [1.165, 1.54) is 0 Å². The number of hydrogen-bond donors (Lipinski definition) is 1. The summed E-state index contributed by atoms with van der Waals surface area (Å²) in [6, 6.07) is 6.05. The number of hydrogen-bond acceptors (Lipinski definition) is 5. The average Bonchev–Trinajstić information content (AvgIpc) is 2.84. The summed E-state index contributed by atoms with van der Waals surface area (Å²) in [6.45, 7) is 4.31. The number of nitrogens with two attached hydrogens (primary N) is 1. The quantitative estimate of drug-likeness (QED) is 0.939. The van der Waals surface area contributed by atoms with Gasteiger partial charge in [-0.25, -0.2) is 0 Å². The van der Waals surface area contributed by atoms with E-state index in [0.29, 0.717) is 11.7 Å². The number of para-hydroxylation sites is 1. The van der Waals surface area contributed by atoms with Crippen LogP contribution in [0.2, 0.25) is 0 Å². The van der Waals surface area contributed by atoms with Crippen LogP contribution in [0.15, 0.2) is 22.7 Å². The number of benzene rings is 1. The molecule has 1 aliphatic carbocycles. The van der Waals surface area contributed by atoms with Crippen LogP contribution in [0, 0.1) is 13.8 Å². The van der Waals surface area contributed by atoms with Crippen molar-refractivity contribution in [1.82, 2.24) is 10.1 Å². The Morgan fingerprint density at radius 3 is 2.52 bits per heavy atom. The first-order chi connectivity index (χ1) is 9.58. The molecule has 0 saturated heterocycles. The zero-order valence-corrected chi connectivity index (χ0v) is 13.1. The van der Waals surface area contributed by atoms with Gasteiger partial charge in [0.15, 0.2) is 12.4 Å². The van der Waals surface area contributed by atoms with Gasteiger partial charge in [0.2, 0.25) is 0 Å². The fraction of sp³-hybridized carbons (Fsp3) is 0.467. The average molecular weight is 310 g/mol. The minimum atomic E-state index is -0.389. The van der Waals surface area contributed by atoms with Crippen LogP contribution >= 0.6 is 12.4 Å². The molecule has 2 aromatic rings. The number of ether oxygens (including phenoxy) is 1. The van der Waals surface area contributed by atoms with Crippen molar-refractivity contribution in [2.75, 3.05) is 0 Å². The second kappa shape index (κ2) is 6.03. The molecule has 1 aromatic carbocycles. The molecule has 1 aromatic heterocycles. The van der Waals surface area contributed by atoms with E-state index in [2.05, 4.69) is 10.1 Å². The molecule has 114 valence electrons. The molecule has 21 heavy (non-hydrogen) atoms. The Hall–Kier alpha value is -1.59. The first-order valence-electron chi connectivity index (χ1n) is 6.89. The fourth-order valence-electron chi connectivity index (χ4n) is 2.46. The minimum Gasteiger partial charge on any atom is -0.483 e. The van der Waals surface area contributed by atoms with E-state index < -0.39 is 0 Å². The standard InChI is InChI=1S/C15H19N3O2.ClH/c1-10-5-3-6-11(2)13(10)19-9-12-17-14(18-20-12)15(16)7-4-8-15;/h3,5-6H,4,7-9,16H2,1-2H3;1H. The van der Waals surface area contributed by atoms with Crippen LogP contribution < -0.4 is 10.5 Å². The van der Waals surface area contributed by atoms with E-state index in [4.69, 9.17) is 15.0 Å². The molecule has 0 radical (unpaired) electrons. The van der Waals surface area contributed by atoms with Crippen molar-refractivity contribution in [3.63, 3.8) is 0 Å². The molecular weight excluding hydrogens is 290 g/mol. The lowest BCUT2D eigenvalue weighted by atomic mass is 9.77. The van der Waals surface area contributed by atoms with Crippen LogP contribution in [-0.4, -0.2) is 10.1 Å². The number of nitrogens with zero attached hydrogens (tertiary/aromatic N) is 2. The van der Waals surface area contributed by atoms with Gasteiger partial charge in [0.05, 0.1) is 5.54 Å². The van der Waals surface area contributed by atoms with Crippen molar-refractivity contribution in [2.45, 2.75) is 45.3 Å². The molecule has 2 N–H and O–H groups in total. The maximum atomic E-state index is 6.17. The van der Waals surface area contributed by atoms with Gasteiger partial charge in [-0.05, 0) is 44.2 Å². The molecule has 6 heteroatoms. The molecule has 1 saturated carbocycles. The predicted molar refractivity (Wildman–Crippen MR) is 81.5 cm³/mol. The molecule has 5 nitrogen and oxygen atoms in total. The SMILES string of the molecule is Cc1cccc(C)c1OCc1nc(C2(N)CCC2)no1.Cl. The smallest absolute Gasteiger partial charge is 0.264 e. The molecule has 0 unspecified atom stereocenters. The number of aromatic nitrogens is 2. The van der Waals surface area contributed by atoms with Crippen molar-refractivity contribution in [3.8, 4) is 5.75 Å². The van der Waals surface area contributed by atoms with Gasteiger partial charge in [0.1, 0.15) is 5.75 Å². The summed E-state index contributed by atoms with van der Waals surface area (Å²) in [6.07, 6.45) is 2.97. The Morgan fingerprint density at radius 2 is 1.95 bits per heavy atom. The normalized spacial score (nSPS) is 16.0. The molecule has 0 bridgehead atoms. The van der Waals surface area contributed by atoms with E-state index in [1.54, 1.807) is 0 Å². The molecule has 0 aliphatic heterocycles. The number of rotatable bonds is 4. The Kier molecular flexibility index (Phi) is 4.54. The van der Waals surface area contributed by atoms with Gasteiger partial charge in [0.25, 0.3) is 5.89 Å². The van der Waals surface area contributed by atoms with Gasteiger partial charge in [-0.2, -0.15) is 4.98 Å². The van der Waals surface area contributed by atoms with Crippen LogP contribution in [0.4, 0.5) is 0 Å². The topological polar surface area (TPSA) is 74.2 Å². The molecule has 0 amide bonds. The van der Waals surface area contributed by atoms with Crippen molar-refractivity contribution in [3.05, 3.63) is 41.0 Å². The van der Waals surface area contributed by atoms with E-state index in [-0.39, 0.29) is 24.6 Å². The van der Waals surface area contributed by atoms with Gasteiger partial charge in [0, 0.05) is 0 Å². The lowest BCUT2D eigenvalue weighted by Gasteiger charge is -2.34. The highest BCUT2D eigenvalue weighted by Gasteiger charge is 2.38. The van der Waals surface area contributed by atoms with Gasteiger partial charge >= 0.3 is 0 Å². The zero-order valence-electron chi connectivity index (χ0n) is 12.3. The lowest BCUT2D eigenvalue weighted by Crippen LogP contribution is -2.44. The van der Waals surface area contributed by atoms with Gasteiger partial charge in [-0.15, -0.1) is 12.4 Å². The Balaban J connectivity index is 0.00000161. The Labute approximate surface area is 130 Å². The third-order valence-electron chi connectivity index (χ3n) is 3.91. The predicted octanol–water partition coefficient (Wildman–Crippen LogP) is 3.03. The monoisotopic (exact) mass is 309 g/mol. The van der Waals surface area contributed by atoms with Crippen molar-refractivity contribution in [1.29, 1.82) is 0 Å². The maximum absolute atomic E-state index is 6.17. The lowest BCUT2D eigenvalue weighted by molar-refractivity contribution is 0.222. The fourth-order valence-corrected chi connectivity index (χ4v) is 2.46. The second-order valence-electron chi connectivity index (χ2n) is 5.53. The second-order valence-corrected chi connectivity index (χ2v) is 5.53. The summed E-state index contributed by atoms with van der Waals surface area (Å²) >= 11 is 0. The molecule has 1 fully saturated rings. The summed E-state index contributed by atoms with van der Waals surface area (Å²) in [5, 5.41) is 3.98. The highest BCUT2D eigenvalue weighted by atomic mass is 35.5. The van der Waals surface area contributed by atoms with Gasteiger partial charge < -0.3 is 15.0 Å². The summed E-state index contributed by atoms with van der Waals surface area (Å²) in [4.78, 5) is 4.35. The summed E-state index contributed by atoms with van der Waals surface area (Å²) in [5.41, 5.74) is 7.97. The van der Waals surface area contributed by atoms with Crippen LogP contribution in [0.5, 0.6) is 5.75 Å². The van der Waals surface area contributed by atoms with E-state index in [0.717, 1.165) is 36.1 Å². The van der Waals surface area contributed by atoms with Crippen molar-refractivity contribution >= 4 is 12.4 Å². The summed E-state index contributed by atoms with van der Waals surface area (Å²) in [7, 11) is 0. The van der Waals surface area contributed by atoms with E-state index in [1.807, 2.05) is 32.0 Å². The third-order valence-corrected chi connectivity index (χ3v) is 3.91. The van der Waals surface area contributed by atoms with Gasteiger partial charge in [-0.1, -0.05) is 23.4 Å². The first-order valence-corrected chi connectivity index (χ1v) is 6.89. The Morgan fingerprint density at radius 1 is 1.29 bits per heavy atom. The van der Waals surface area contributed by atoms with E-state index in [9.17, 15) is 0 Å². The summed E-state index contributed by atoms with van der Waals surface area (Å²) in [5.74, 6) is 1.95. The maximum Gasteiger partial charge on any atom is 0.264 e. The van der Waals surface area contributed by atoms with Crippen LogP contribution in [0.1, 0.15) is 42.1 Å². The molecular formula is C15H20ClN3O2. The van der Waals surface area contributed by atoms with Crippen LogP contribution in [0.25, 0.3) is 0 Å². The largest absolute Gasteiger partial charge is 0.483 e. The number of halogens is 1. The highest BCUT2D eigenvalue weighted by molar-refractivity contribution is 5.85. The Bertz CT molecular complexity index is 603. The number of aryl methyl sites for hydroxylation is 2. The summed E-state index contributed by atoms with van der Waals surface area (Å²) < 4.78 is 11.0. The first kappa shape index (κ1) is 15.8. The van der Waals surface area contributed by atoms with Crippen molar-refractivity contribution < 1.29 is 9.26 Å².